The van der Waals surface area contributed by atoms with Gasteiger partial charge in [-0.1, -0.05) is 60.7 Å². The summed E-state index contributed by atoms with van der Waals surface area (Å²) in [7, 11) is 0. The first-order chi connectivity index (χ1) is 11.9. The number of anilines is 1. The highest BCUT2D eigenvalue weighted by Gasteiger charge is 2.17. The predicted molar refractivity (Wildman–Crippen MR) is 109 cm³/mol. The van der Waals surface area contributed by atoms with Crippen molar-refractivity contribution in [1.82, 2.24) is 4.98 Å². The van der Waals surface area contributed by atoms with Gasteiger partial charge in [0.25, 0.3) is 0 Å². The van der Waals surface area contributed by atoms with Crippen LogP contribution in [0.3, 0.4) is 0 Å². The Labute approximate surface area is 155 Å². The van der Waals surface area contributed by atoms with Gasteiger partial charge in [0.05, 0.1) is 0 Å². The molecule has 0 spiro atoms. The zero-order chi connectivity index (χ0) is 16.2. The highest BCUT2D eigenvalue weighted by atomic mass is 35.5. The van der Waals surface area contributed by atoms with Crippen molar-refractivity contribution in [2.75, 3.05) is 18.0 Å². The molecule has 0 N–H and O–H groups in total. The highest BCUT2D eigenvalue weighted by Crippen LogP contribution is 2.25. The number of allylic oxidation sites excluding steroid dienone is 1. The summed E-state index contributed by atoms with van der Waals surface area (Å²) in [4.78, 5) is 6.85. The van der Waals surface area contributed by atoms with Crippen molar-refractivity contribution in [3.05, 3.63) is 78.5 Å². The molecule has 25 heavy (non-hydrogen) atoms. The fourth-order valence-electron chi connectivity index (χ4n) is 3.50. The molecule has 0 saturated carbocycles. The number of halogens is 1. The minimum Gasteiger partial charge on any atom is -0.357 e. The molecule has 4 rings (SSSR count). The number of piperidine rings is 1. The molecule has 1 aromatic heterocycles. The lowest BCUT2D eigenvalue weighted by molar-refractivity contribution is 0.478. The number of pyridine rings is 1. The van der Waals surface area contributed by atoms with E-state index in [4.69, 9.17) is 0 Å². The van der Waals surface area contributed by atoms with Crippen LogP contribution < -0.4 is 4.90 Å². The average Bonchev–Trinajstić information content (AvgIpc) is 2.67. The van der Waals surface area contributed by atoms with Gasteiger partial charge in [-0.3, -0.25) is 0 Å². The number of hydrogen-bond acceptors (Lipinski definition) is 2. The third-order valence-electron chi connectivity index (χ3n) is 4.88. The van der Waals surface area contributed by atoms with E-state index in [9.17, 15) is 0 Å². The van der Waals surface area contributed by atoms with Crippen LogP contribution in [-0.2, 0) is 0 Å². The zero-order valence-corrected chi connectivity index (χ0v) is 15.0. The molecule has 2 aromatic carbocycles. The lowest BCUT2D eigenvalue weighted by atomic mass is 9.94. The SMILES string of the molecule is C(=CC1CCN(c2ccccn2)CC1)c1cccc2ccccc12.Cl. The molecule has 1 saturated heterocycles. The van der Waals surface area contributed by atoms with Crippen LogP contribution in [-0.4, -0.2) is 18.1 Å². The van der Waals surface area contributed by atoms with Crippen molar-refractivity contribution in [2.24, 2.45) is 5.92 Å². The minimum absolute atomic E-state index is 0. The van der Waals surface area contributed by atoms with Gasteiger partial charge >= 0.3 is 0 Å². The van der Waals surface area contributed by atoms with Crippen LogP contribution in [0.2, 0.25) is 0 Å². The molecule has 1 aliphatic heterocycles. The van der Waals surface area contributed by atoms with Crippen LogP contribution in [0.1, 0.15) is 18.4 Å². The van der Waals surface area contributed by atoms with E-state index in [2.05, 4.69) is 76.6 Å². The maximum absolute atomic E-state index is 4.46. The summed E-state index contributed by atoms with van der Waals surface area (Å²) < 4.78 is 0. The molecule has 3 heteroatoms. The second-order valence-corrected chi connectivity index (χ2v) is 6.44. The Hall–Kier alpha value is -2.32. The first kappa shape index (κ1) is 17.5. The van der Waals surface area contributed by atoms with Gasteiger partial charge in [-0.25, -0.2) is 4.98 Å². The monoisotopic (exact) mass is 350 g/mol. The summed E-state index contributed by atoms with van der Waals surface area (Å²) in [6.45, 7) is 2.17. The summed E-state index contributed by atoms with van der Waals surface area (Å²) in [6.07, 6.45) is 8.97. The van der Waals surface area contributed by atoms with E-state index in [-0.39, 0.29) is 12.4 Å². The summed E-state index contributed by atoms with van der Waals surface area (Å²) in [5, 5.41) is 2.65. The molecule has 0 amide bonds. The molecular weight excluding hydrogens is 328 g/mol. The molecule has 1 fully saturated rings. The lowest BCUT2D eigenvalue weighted by Crippen LogP contribution is -2.33. The van der Waals surface area contributed by atoms with Crippen molar-refractivity contribution in [3.63, 3.8) is 0 Å². The molecule has 1 aliphatic rings. The molecule has 2 heterocycles. The topological polar surface area (TPSA) is 16.1 Å². The number of hydrogen-bond donors (Lipinski definition) is 0. The van der Waals surface area contributed by atoms with Gasteiger partial charge in [-0.15, -0.1) is 12.4 Å². The maximum Gasteiger partial charge on any atom is 0.128 e. The normalized spacial score (nSPS) is 15.4. The van der Waals surface area contributed by atoms with Crippen molar-refractivity contribution in [3.8, 4) is 0 Å². The smallest absolute Gasteiger partial charge is 0.128 e. The molecule has 0 radical (unpaired) electrons. The van der Waals surface area contributed by atoms with Crippen LogP contribution in [0, 0.1) is 5.92 Å². The van der Waals surface area contributed by atoms with E-state index in [0.717, 1.165) is 18.9 Å². The van der Waals surface area contributed by atoms with E-state index in [1.165, 1.54) is 29.2 Å². The Bertz CT molecular complexity index is 832. The van der Waals surface area contributed by atoms with E-state index >= 15 is 0 Å². The fourth-order valence-corrected chi connectivity index (χ4v) is 3.50. The summed E-state index contributed by atoms with van der Waals surface area (Å²) >= 11 is 0. The highest BCUT2D eigenvalue weighted by molar-refractivity contribution is 5.90. The molecule has 0 aliphatic carbocycles. The molecule has 3 aromatic rings. The van der Waals surface area contributed by atoms with Crippen molar-refractivity contribution < 1.29 is 0 Å². The van der Waals surface area contributed by atoms with Gasteiger partial charge in [-0.2, -0.15) is 0 Å². The van der Waals surface area contributed by atoms with Gasteiger partial charge in [0.1, 0.15) is 5.82 Å². The Morgan fingerprint density at radius 2 is 1.64 bits per heavy atom. The first-order valence-corrected chi connectivity index (χ1v) is 8.72. The quantitative estimate of drug-likeness (QED) is 0.612. The minimum atomic E-state index is 0. The van der Waals surface area contributed by atoms with Gasteiger partial charge in [-0.05, 0) is 47.2 Å². The molecular formula is C22H23ClN2. The van der Waals surface area contributed by atoms with Crippen LogP contribution in [0.5, 0.6) is 0 Å². The third-order valence-corrected chi connectivity index (χ3v) is 4.88. The number of rotatable bonds is 3. The molecule has 0 unspecified atom stereocenters. The number of fused-ring (bicyclic) bond motifs is 1. The summed E-state index contributed by atoms with van der Waals surface area (Å²) in [6, 6.07) is 21.3. The fraction of sp³-hybridized carbons (Fsp3) is 0.227. The first-order valence-electron chi connectivity index (χ1n) is 8.72. The maximum atomic E-state index is 4.46. The van der Waals surface area contributed by atoms with Gasteiger partial charge in [0.15, 0.2) is 0 Å². The third kappa shape index (κ3) is 4.02. The predicted octanol–water partition coefficient (Wildman–Crippen LogP) is 5.59. The Morgan fingerprint density at radius 3 is 2.44 bits per heavy atom. The second-order valence-electron chi connectivity index (χ2n) is 6.44. The van der Waals surface area contributed by atoms with E-state index in [1.54, 1.807) is 0 Å². The van der Waals surface area contributed by atoms with Gasteiger partial charge in [0, 0.05) is 19.3 Å². The molecule has 0 atom stereocenters. The average molecular weight is 351 g/mol. The zero-order valence-electron chi connectivity index (χ0n) is 14.2. The Kier molecular flexibility index (Phi) is 5.72. The standard InChI is InChI=1S/C22H22N2.ClH/c1-2-9-21-19(6-1)7-5-8-20(21)12-11-18-13-16-24(17-14-18)22-10-3-4-15-23-22;/h1-12,15,18H,13-14,16-17H2;1H. The molecule has 128 valence electrons. The molecule has 0 bridgehead atoms. The summed E-state index contributed by atoms with van der Waals surface area (Å²) in [5.41, 5.74) is 1.32. The van der Waals surface area contributed by atoms with E-state index < -0.39 is 0 Å². The lowest BCUT2D eigenvalue weighted by Gasteiger charge is -2.31. The summed E-state index contributed by atoms with van der Waals surface area (Å²) in [5.74, 6) is 1.76. The van der Waals surface area contributed by atoms with E-state index in [1.807, 2.05) is 12.3 Å². The number of benzene rings is 2. The Balaban J connectivity index is 0.00000182. The largest absolute Gasteiger partial charge is 0.357 e. The van der Waals surface area contributed by atoms with Crippen LogP contribution >= 0.6 is 12.4 Å². The number of nitrogens with zero attached hydrogens (tertiary/aromatic N) is 2. The van der Waals surface area contributed by atoms with Gasteiger partial charge < -0.3 is 4.90 Å². The van der Waals surface area contributed by atoms with Crippen molar-refractivity contribution >= 4 is 35.1 Å². The van der Waals surface area contributed by atoms with Crippen LogP contribution in [0.4, 0.5) is 5.82 Å². The number of aromatic nitrogens is 1. The van der Waals surface area contributed by atoms with Crippen molar-refractivity contribution in [2.45, 2.75) is 12.8 Å². The van der Waals surface area contributed by atoms with Crippen LogP contribution in [0.15, 0.2) is 72.9 Å². The van der Waals surface area contributed by atoms with E-state index in [0.29, 0.717) is 5.92 Å². The second kappa shape index (κ2) is 8.17. The Morgan fingerprint density at radius 1 is 0.880 bits per heavy atom. The van der Waals surface area contributed by atoms with Gasteiger partial charge in [0.2, 0.25) is 0 Å². The van der Waals surface area contributed by atoms with Crippen LogP contribution in [0.25, 0.3) is 16.8 Å². The molecule has 2 nitrogen and oxygen atoms in total. The van der Waals surface area contributed by atoms with Crippen molar-refractivity contribution in [1.29, 1.82) is 0 Å².